The van der Waals surface area contributed by atoms with Crippen molar-refractivity contribution in [2.45, 2.75) is 0 Å². The first kappa shape index (κ1) is 11.7. The highest BCUT2D eigenvalue weighted by Crippen LogP contribution is 2.33. The van der Waals surface area contributed by atoms with Gasteiger partial charge in [0.05, 0.1) is 0 Å². The quantitative estimate of drug-likeness (QED) is 0.857. The summed E-state index contributed by atoms with van der Waals surface area (Å²) < 4.78 is 0. The predicted octanol–water partition coefficient (Wildman–Crippen LogP) is 3.51. The molecule has 0 radical (unpaired) electrons. The summed E-state index contributed by atoms with van der Waals surface area (Å²) in [6, 6.07) is 10.3. The largest absolute Gasteiger partial charge is 0.383 e. The lowest BCUT2D eigenvalue weighted by atomic mass is 10.1. The molecule has 3 nitrogen and oxygen atoms in total. The Morgan fingerprint density at radius 3 is 2.53 bits per heavy atom. The van der Waals surface area contributed by atoms with Crippen LogP contribution in [0.1, 0.15) is 5.69 Å². The lowest BCUT2D eigenvalue weighted by Gasteiger charge is -2.07. The van der Waals surface area contributed by atoms with Gasteiger partial charge in [-0.25, -0.2) is 4.98 Å². The van der Waals surface area contributed by atoms with Crippen LogP contribution in [-0.4, -0.2) is 4.98 Å². The number of nitrogens with two attached hydrogens (primary N) is 1. The normalized spacial score (nSPS) is 9.94. The van der Waals surface area contributed by atoms with Crippen molar-refractivity contribution >= 4 is 29.0 Å². The van der Waals surface area contributed by atoms with Crippen LogP contribution in [0.4, 0.5) is 5.82 Å². The average molecular weight is 264 g/mol. The van der Waals surface area contributed by atoms with E-state index in [4.69, 9.17) is 34.2 Å². The maximum atomic E-state index is 8.71. The predicted molar refractivity (Wildman–Crippen MR) is 68.8 cm³/mol. The third kappa shape index (κ3) is 2.33. The Morgan fingerprint density at radius 1 is 1.12 bits per heavy atom. The van der Waals surface area contributed by atoms with E-state index in [0.29, 0.717) is 21.2 Å². The minimum atomic E-state index is 0.258. The third-order valence-electron chi connectivity index (χ3n) is 2.26. The number of nitrogen functional groups attached to an aromatic ring is 1. The molecule has 0 aliphatic carbocycles. The third-order valence-corrected chi connectivity index (χ3v) is 2.82. The molecule has 0 aliphatic heterocycles. The molecule has 0 spiro atoms. The number of anilines is 1. The van der Waals surface area contributed by atoms with Crippen LogP contribution in [0, 0.1) is 11.3 Å². The van der Waals surface area contributed by atoms with Crippen LogP contribution in [0.5, 0.6) is 0 Å². The second-order valence-electron chi connectivity index (χ2n) is 3.37. The van der Waals surface area contributed by atoms with E-state index in [0.717, 1.165) is 0 Å². The summed E-state index contributed by atoms with van der Waals surface area (Å²) in [5.74, 6) is 0.258. The van der Waals surface area contributed by atoms with E-state index in [-0.39, 0.29) is 11.5 Å². The van der Waals surface area contributed by atoms with Gasteiger partial charge in [-0.05, 0) is 30.3 Å². The van der Waals surface area contributed by atoms with E-state index < -0.39 is 0 Å². The van der Waals surface area contributed by atoms with Gasteiger partial charge in [-0.3, -0.25) is 0 Å². The van der Waals surface area contributed by atoms with Crippen LogP contribution in [0.3, 0.4) is 0 Å². The maximum absolute atomic E-state index is 8.71. The Morgan fingerprint density at radius 2 is 1.88 bits per heavy atom. The van der Waals surface area contributed by atoms with Gasteiger partial charge < -0.3 is 5.73 Å². The number of hydrogen-bond donors (Lipinski definition) is 1. The van der Waals surface area contributed by atoms with E-state index in [9.17, 15) is 0 Å². The fourth-order valence-corrected chi connectivity index (χ4v) is 1.86. The van der Waals surface area contributed by atoms with Gasteiger partial charge in [0, 0.05) is 21.2 Å². The fourth-order valence-electron chi connectivity index (χ4n) is 1.47. The summed E-state index contributed by atoms with van der Waals surface area (Å²) in [6.45, 7) is 0. The first-order valence-corrected chi connectivity index (χ1v) is 5.49. The Hall–Kier alpha value is -1.76. The highest BCUT2D eigenvalue weighted by atomic mass is 35.5. The lowest BCUT2D eigenvalue weighted by molar-refractivity contribution is 1.27. The zero-order valence-electron chi connectivity index (χ0n) is 8.61. The van der Waals surface area contributed by atoms with E-state index >= 15 is 0 Å². The summed E-state index contributed by atoms with van der Waals surface area (Å²) in [6.07, 6.45) is 0. The molecule has 5 heteroatoms. The van der Waals surface area contributed by atoms with Crippen molar-refractivity contribution in [3.63, 3.8) is 0 Å². The van der Waals surface area contributed by atoms with E-state index in [1.165, 1.54) is 0 Å². The number of nitriles is 1. The highest BCUT2D eigenvalue weighted by Gasteiger charge is 2.09. The molecular formula is C12H7Cl2N3. The van der Waals surface area contributed by atoms with Crippen LogP contribution < -0.4 is 5.73 Å². The number of hydrogen-bond acceptors (Lipinski definition) is 3. The van der Waals surface area contributed by atoms with Crippen molar-refractivity contribution in [2.75, 3.05) is 5.73 Å². The summed E-state index contributed by atoms with van der Waals surface area (Å²) >= 11 is 12.0. The number of pyridine rings is 1. The van der Waals surface area contributed by atoms with Crippen LogP contribution in [0.15, 0.2) is 30.3 Å². The zero-order valence-corrected chi connectivity index (χ0v) is 10.1. The summed E-state index contributed by atoms with van der Waals surface area (Å²) in [4.78, 5) is 3.95. The van der Waals surface area contributed by atoms with Crippen LogP contribution in [0.2, 0.25) is 10.0 Å². The molecule has 1 aromatic heterocycles. The molecule has 1 heterocycles. The molecule has 1 aromatic carbocycles. The van der Waals surface area contributed by atoms with Crippen LogP contribution in [-0.2, 0) is 0 Å². The van der Waals surface area contributed by atoms with Crippen molar-refractivity contribution in [3.05, 3.63) is 46.1 Å². The van der Waals surface area contributed by atoms with Crippen molar-refractivity contribution in [2.24, 2.45) is 0 Å². The van der Waals surface area contributed by atoms with Gasteiger partial charge in [0.1, 0.15) is 17.6 Å². The molecule has 0 fully saturated rings. The molecule has 0 atom stereocenters. The number of nitrogens with zero attached hydrogens (tertiary/aromatic N) is 2. The first-order chi connectivity index (χ1) is 8.11. The molecule has 0 saturated heterocycles. The Kier molecular flexibility index (Phi) is 3.19. The molecule has 2 aromatic rings. The molecule has 0 amide bonds. The van der Waals surface area contributed by atoms with Crippen LogP contribution in [0.25, 0.3) is 11.1 Å². The second kappa shape index (κ2) is 4.62. The highest BCUT2D eigenvalue weighted by molar-refractivity contribution is 6.35. The summed E-state index contributed by atoms with van der Waals surface area (Å²) in [5.41, 5.74) is 7.42. The van der Waals surface area contributed by atoms with Gasteiger partial charge in [-0.1, -0.05) is 23.2 Å². The van der Waals surface area contributed by atoms with Crippen molar-refractivity contribution in [3.8, 4) is 17.2 Å². The first-order valence-electron chi connectivity index (χ1n) is 4.74. The number of halogens is 2. The summed E-state index contributed by atoms with van der Waals surface area (Å²) in [7, 11) is 0. The Bertz CT molecular complexity index is 618. The molecule has 84 valence electrons. The van der Waals surface area contributed by atoms with Gasteiger partial charge >= 0.3 is 0 Å². The Balaban J connectivity index is 2.61. The minimum Gasteiger partial charge on any atom is -0.383 e. The molecule has 2 N–H and O–H groups in total. The average Bonchev–Trinajstić information content (AvgIpc) is 2.32. The fraction of sp³-hybridized carbons (Fsp3) is 0. The zero-order chi connectivity index (χ0) is 12.4. The van der Waals surface area contributed by atoms with Gasteiger partial charge in [0.25, 0.3) is 0 Å². The van der Waals surface area contributed by atoms with Crippen molar-refractivity contribution in [1.29, 1.82) is 5.26 Å². The standard InChI is InChI=1S/C12H7Cl2N3/c13-7-1-4-11(14)10(5-7)9-3-2-8(6-15)17-12(9)16/h1-5H,(H2,16,17). The SMILES string of the molecule is N#Cc1ccc(-c2cc(Cl)ccc2Cl)c(N)n1. The molecule has 0 bridgehead atoms. The van der Waals surface area contributed by atoms with Gasteiger partial charge in [0.2, 0.25) is 0 Å². The lowest BCUT2D eigenvalue weighted by Crippen LogP contribution is -1.96. The smallest absolute Gasteiger partial charge is 0.142 e. The van der Waals surface area contributed by atoms with Gasteiger partial charge in [0.15, 0.2) is 0 Å². The second-order valence-corrected chi connectivity index (χ2v) is 4.21. The Labute approximate surface area is 108 Å². The molecule has 2 rings (SSSR count). The van der Waals surface area contributed by atoms with E-state index in [2.05, 4.69) is 4.98 Å². The van der Waals surface area contributed by atoms with Crippen LogP contribution >= 0.6 is 23.2 Å². The summed E-state index contributed by atoms with van der Waals surface area (Å²) in [5, 5.41) is 9.80. The van der Waals surface area contributed by atoms with Gasteiger partial charge in [-0.15, -0.1) is 0 Å². The number of rotatable bonds is 1. The van der Waals surface area contributed by atoms with Crippen molar-refractivity contribution in [1.82, 2.24) is 4.98 Å². The minimum absolute atomic E-state index is 0.258. The van der Waals surface area contributed by atoms with Crippen molar-refractivity contribution < 1.29 is 0 Å². The molecule has 17 heavy (non-hydrogen) atoms. The van der Waals surface area contributed by atoms with Gasteiger partial charge in [-0.2, -0.15) is 5.26 Å². The molecular weight excluding hydrogens is 257 g/mol. The van der Waals surface area contributed by atoms with E-state index in [1.807, 2.05) is 6.07 Å². The molecule has 0 unspecified atom stereocenters. The number of benzene rings is 1. The number of aromatic nitrogens is 1. The maximum Gasteiger partial charge on any atom is 0.142 e. The molecule has 0 saturated carbocycles. The topological polar surface area (TPSA) is 62.7 Å². The monoisotopic (exact) mass is 263 g/mol. The molecule has 0 aliphatic rings. The van der Waals surface area contributed by atoms with E-state index in [1.54, 1.807) is 30.3 Å².